The molecule has 0 aliphatic rings. The minimum atomic E-state index is 0.568. The van der Waals surface area contributed by atoms with Gasteiger partial charge in [-0.05, 0) is 68.4 Å². The third-order valence-corrected chi connectivity index (χ3v) is 11.6. The first kappa shape index (κ1) is 35.5. The Morgan fingerprint density at radius 2 is 0.710 bits per heavy atom. The lowest BCUT2D eigenvalue weighted by Gasteiger charge is -2.13. The second kappa shape index (κ2) is 14.7. The van der Waals surface area contributed by atoms with Crippen LogP contribution in [-0.4, -0.2) is 19.9 Å². The first-order valence-corrected chi connectivity index (χ1v) is 20.6. The van der Waals surface area contributed by atoms with Gasteiger partial charge in [-0.3, -0.25) is 0 Å². The zero-order valence-electron chi connectivity index (χ0n) is 33.2. The second-order valence-electron chi connectivity index (χ2n) is 15.4. The molecule has 0 saturated heterocycles. The number of furan rings is 1. The third-order valence-electron chi connectivity index (χ3n) is 11.6. The highest BCUT2D eigenvalue weighted by molar-refractivity contribution is 6.19. The molecule has 0 aliphatic carbocycles. The maximum Gasteiger partial charge on any atom is 0.227 e. The molecule has 3 aromatic heterocycles. The highest BCUT2D eigenvalue weighted by atomic mass is 16.4. The van der Waals surface area contributed by atoms with Gasteiger partial charge in [0, 0.05) is 33.0 Å². The highest BCUT2D eigenvalue weighted by Crippen LogP contribution is 2.43. The Labute approximate surface area is 356 Å². The van der Waals surface area contributed by atoms with Crippen LogP contribution in [0.3, 0.4) is 0 Å². The number of hydrogen-bond donors (Lipinski definition) is 0. The fourth-order valence-electron chi connectivity index (χ4n) is 8.57. The number of nitrogens with zero attached hydrogens (tertiary/aromatic N) is 4. The van der Waals surface area contributed by atoms with Gasteiger partial charge >= 0.3 is 0 Å². The first-order valence-electron chi connectivity index (χ1n) is 20.6. The Bertz CT molecular complexity index is 3540. The zero-order chi connectivity index (χ0) is 41.0. The molecule has 3 heterocycles. The van der Waals surface area contributed by atoms with E-state index in [4.69, 9.17) is 28.8 Å². The van der Waals surface area contributed by atoms with Crippen molar-refractivity contribution in [2.24, 2.45) is 0 Å². The Hall–Kier alpha value is -8.48. The van der Waals surface area contributed by atoms with Crippen molar-refractivity contribution in [2.45, 2.75) is 0 Å². The molecule has 0 amide bonds. The molecule has 6 nitrogen and oxygen atoms in total. The van der Waals surface area contributed by atoms with Gasteiger partial charge in [0.05, 0.1) is 0 Å². The lowest BCUT2D eigenvalue weighted by Crippen LogP contribution is -2.00. The van der Waals surface area contributed by atoms with Gasteiger partial charge in [-0.2, -0.15) is 0 Å². The van der Waals surface area contributed by atoms with Crippen LogP contribution < -0.4 is 0 Å². The van der Waals surface area contributed by atoms with E-state index in [2.05, 4.69) is 97.1 Å². The summed E-state index contributed by atoms with van der Waals surface area (Å²) >= 11 is 0. The van der Waals surface area contributed by atoms with E-state index in [1.807, 2.05) is 109 Å². The number of benzene rings is 9. The standard InChI is InChI=1S/C56H34N4O2/c1-4-14-38(15-5-1)53-58-54(39-16-6-2-7-17-39)60-55(59-53)40-30-28-36(29-31-40)43-33-32-42(44-20-10-11-21-45(43)44)35-24-26-37(27-25-35)47-34-48-51(62-56(57-48)41-18-8-3-9-19-41)52-50(47)46-22-12-13-23-49(46)61-52/h1-34H. The Kier molecular flexibility index (Phi) is 8.38. The molecular weight excluding hydrogens is 761 g/mol. The number of hydrogen-bond acceptors (Lipinski definition) is 6. The summed E-state index contributed by atoms with van der Waals surface area (Å²) in [5.74, 6) is 2.49. The number of para-hydroxylation sites is 1. The van der Waals surface area contributed by atoms with Crippen molar-refractivity contribution in [2.75, 3.05) is 0 Å². The van der Waals surface area contributed by atoms with Crippen LogP contribution in [0.4, 0.5) is 0 Å². The van der Waals surface area contributed by atoms with Crippen LogP contribution in [0.2, 0.25) is 0 Å². The van der Waals surface area contributed by atoms with Crippen LogP contribution in [-0.2, 0) is 0 Å². The van der Waals surface area contributed by atoms with Gasteiger partial charge in [-0.25, -0.2) is 19.9 Å². The Balaban J connectivity index is 0.906. The summed E-state index contributed by atoms with van der Waals surface area (Å²) in [4.78, 5) is 19.7. The van der Waals surface area contributed by atoms with E-state index in [1.165, 1.54) is 10.8 Å². The summed E-state index contributed by atoms with van der Waals surface area (Å²) < 4.78 is 12.9. The van der Waals surface area contributed by atoms with Crippen molar-refractivity contribution in [1.29, 1.82) is 0 Å². The summed E-state index contributed by atoms with van der Waals surface area (Å²) in [6.45, 7) is 0. The monoisotopic (exact) mass is 794 g/mol. The molecule has 12 rings (SSSR count). The summed E-state index contributed by atoms with van der Waals surface area (Å²) in [7, 11) is 0. The largest absolute Gasteiger partial charge is 0.452 e. The molecule has 0 saturated carbocycles. The van der Waals surface area contributed by atoms with Crippen molar-refractivity contribution in [1.82, 2.24) is 19.9 Å². The van der Waals surface area contributed by atoms with Crippen molar-refractivity contribution < 1.29 is 8.83 Å². The molecule has 9 aromatic carbocycles. The SMILES string of the molecule is c1ccc(-c2nc(-c3ccccc3)nc(-c3ccc(-c4ccc(-c5ccc(-c6cc7nc(-c8ccccc8)oc7c7oc8ccccc8c67)cc5)c5ccccc45)cc3)n2)cc1. The molecule has 0 radical (unpaired) electrons. The fourth-order valence-corrected chi connectivity index (χ4v) is 8.57. The van der Waals surface area contributed by atoms with E-state index in [0.29, 0.717) is 34.5 Å². The van der Waals surface area contributed by atoms with Crippen LogP contribution >= 0.6 is 0 Å². The van der Waals surface area contributed by atoms with Gasteiger partial charge < -0.3 is 8.83 Å². The second-order valence-corrected chi connectivity index (χ2v) is 15.4. The smallest absolute Gasteiger partial charge is 0.227 e. The molecule has 0 bridgehead atoms. The molecule has 62 heavy (non-hydrogen) atoms. The van der Waals surface area contributed by atoms with Crippen LogP contribution in [0.5, 0.6) is 0 Å². The third kappa shape index (κ3) is 6.13. The summed E-state index contributed by atoms with van der Waals surface area (Å²) in [5.41, 5.74) is 13.3. The summed E-state index contributed by atoms with van der Waals surface area (Å²) in [5, 5.41) is 4.41. The first-order chi connectivity index (χ1) is 30.7. The molecule has 0 unspecified atom stereocenters. The Morgan fingerprint density at radius 1 is 0.290 bits per heavy atom. The number of aromatic nitrogens is 4. The number of oxazole rings is 1. The number of fused-ring (bicyclic) bond motifs is 6. The molecular formula is C56H34N4O2. The van der Waals surface area contributed by atoms with Crippen molar-refractivity contribution >= 4 is 43.8 Å². The van der Waals surface area contributed by atoms with Gasteiger partial charge in [0.1, 0.15) is 11.1 Å². The average molecular weight is 795 g/mol. The molecule has 12 aromatic rings. The molecule has 0 atom stereocenters. The van der Waals surface area contributed by atoms with E-state index in [1.54, 1.807) is 0 Å². The highest BCUT2D eigenvalue weighted by Gasteiger charge is 2.21. The molecule has 0 aliphatic heterocycles. The van der Waals surface area contributed by atoms with Gasteiger partial charge in [-0.15, -0.1) is 0 Å². The average Bonchev–Trinajstić information content (AvgIpc) is 3.97. The van der Waals surface area contributed by atoms with Crippen molar-refractivity contribution in [3.63, 3.8) is 0 Å². The van der Waals surface area contributed by atoms with E-state index in [-0.39, 0.29) is 0 Å². The topological polar surface area (TPSA) is 77.8 Å². The minimum absolute atomic E-state index is 0.568. The van der Waals surface area contributed by atoms with Crippen LogP contribution in [0.15, 0.2) is 215 Å². The quantitative estimate of drug-likeness (QED) is 0.160. The zero-order valence-corrected chi connectivity index (χ0v) is 33.2. The lowest BCUT2D eigenvalue weighted by molar-refractivity contribution is 0.603. The minimum Gasteiger partial charge on any atom is -0.452 e. The van der Waals surface area contributed by atoms with Gasteiger partial charge in [0.15, 0.2) is 28.6 Å². The van der Waals surface area contributed by atoms with Crippen molar-refractivity contribution in [3.05, 3.63) is 206 Å². The maximum atomic E-state index is 6.50. The molecule has 6 heteroatoms. The lowest BCUT2D eigenvalue weighted by atomic mass is 9.91. The van der Waals surface area contributed by atoms with E-state index in [9.17, 15) is 0 Å². The molecule has 0 N–H and O–H groups in total. The van der Waals surface area contributed by atoms with E-state index in [0.717, 1.165) is 77.5 Å². The van der Waals surface area contributed by atoms with E-state index >= 15 is 0 Å². The molecule has 0 spiro atoms. The normalized spacial score (nSPS) is 11.5. The fraction of sp³-hybridized carbons (Fsp3) is 0. The number of rotatable bonds is 7. The van der Waals surface area contributed by atoms with E-state index < -0.39 is 0 Å². The predicted molar refractivity (Wildman–Crippen MR) is 250 cm³/mol. The Morgan fingerprint density at radius 3 is 1.24 bits per heavy atom. The maximum absolute atomic E-state index is 6.50. The van der Waals surface area contributed by atoms with Crippen LogP contribution in [0, 0.1) is 0 Å². The van der Waals surface area contributed by atoms with Gasteiger partial charge in [-0.1, -0.05) is 182 Å². The van der Waals surface area contributed by atoms with Crippen LogP contribution in [0.1, 0.15) is 0 Å². The predicted octanol–water partition coefficient (Wildman–Crippen LogP) is 14.7. The summed E-state index contributed by atoms with van der Waals surface area (Å²) in [6, 6.07) is 70.9. The van der Waals surface area contributed by atoms with Gasteiger partial charge in [0.2, 0.25) is 5.89 Å². The van der Waals surface area contributed by atoms with Crippen LogP contribution in [0.25, 0.3) is 123 Å². The molecule has 0 fully saturated rings. The van der Waals surface area contributed by atoms with Gasteiger partial charge in [0.25, 0.3) is 0 Å². The molecule has 290 valence electrons. The summed E-state index contributed by atoms with van der Waals surface area (Å²) in [6.07, 6.45) is 0. The van der Waals surface area contributed by atoms with Crippen molar-refractivity contribution in [3.8, 4) is 79.0 Å².